The number of thiophene rings is 1. The van der Waals surface area contributed by atoms with Gasteiger partial charge in [-0.1, -0.05) is 13.8 Å². The molecule has 20 heavy (non-hydrogen) atoms. The molecule has 0 unspecified atom stereocenters. The van der Waals surface area contributed by atoms with Crippen LogP contribution in [-0.4, -0.2) is 11.8 Å². The second-order valence-electron chi connectivity index (χ2n) is 6.48. The van der Waals surface area contributed by atoms with Gasteiger partial charge in [-0.05, 0) is 29.3 Å². The van der Waals surface area contributed by atoms with Crippen molar-refractivity contribution < 1.29 is 14.3 Å². The van der Waals surface area contributed by atoms with Gasteiger partial charge in [0, 0.05) is 29.2 Å². The smallest absolute Gasteiger partial charge is 0.311 e. The molecule has 1 aliphatic carbocycles. The van der Waals surface area contributed by atoms with Crippen LogP contribution in [0.25, 0.3) is 0 Å². The maximum absolute atomic E-state index is 12.5. The molecule has 1 aromatic rings. The first-order valence-electron chi connectivity index (χ1n) is 6.88. The Morgan fingerprint density at radius 3 is 2.70 bits per heavy atom. The molecule has 0 aromatic carbocycles. The Morgan fingerprint density at radius 1 is 1.30 bits per heavy atom. The van der Waals surface area contributed by atoms with Gasteiger partial charge in [0.15, 0.2) is 5.78 Å². The number of hydrogen-bond donors (Lipinski definition) is 0. The minimum atomic E-state index is -0.216. The molecule has 0 radical (unpaired) electrons. The fourth-order valence-corrected chi connectivity index (χ4v) is 4.21. The van der Waals surface area contributed by atoms with Crippen LogP contribution in [0.5, 0.6) is 0 Å². The zero-order chi connectivity index (χ0) is 14.5. The molecule has 3 nitrogen and oxygen atoms in total. The van der Waals surface area contributed by atoms with Gasteiger partial charge in [0.25, 0.3) is 0 Å². The third-order valence-electron chi connectivity index (χ3n) is 4.05. The molecule has 2 aliphatic rings. The Bertz CT molecular complexity index is 621. The molecule has 0 saturated carbocycles. The highest BCUT2D eigenvalue weighted by molar-refractivity contribution is 7.10. The quantitative estimate of drug-likeness (QED) is 0.740. The number of carbonyl (C=O) groups is 2. The molecule has 1 aliphatic heterocycles. The van der Waals surface area contributed by atoms with E-state index in [1.165, 1.54) is 0 Å². The van der Waals surface area contributed by atoms with Crippen LogP contribution in [0.3, 0.4) is 0 Å². The highest BCUT2D eigenvalue weighted by Gasteiger charge is 2.42. The fraction of sp³-hybridized carbons (Fsp3) is 0.500. The van der Waals surface area contributed by atoms with Crippen molar-refractivity contribution in [2.45, 2.75) is 46.0 Å². The average Bonchev–Trinajstić information content (AvgIpc) is 2.71. The first-order chi connectivity index (χ1) is 9.37. The third-order valence-corrected chi connectivity index (χ3v) is 5.19. The monoisotopic (exact) mass is 290 g/mol. The minimum absolute atomic E-state index is 0.102. The summed E-state index contributed by atoms with van der Waals surface area (Å²) in [6.45, 7) is 6.12. The Hall–Kier alpha value is -1.42. The van der Waals surface area contributed by atoms with Crippen molar-refractivity contribution in [3.8, 4) is 0 Å². The van der Waals surface area contributed by atoms with Gasteiger partial charge in [0.1, 0.15) is 5.76 Å². The number of esters is 1. The Balaban J connectivity index is 2.10. The van der Waals surface area contributed by atoms with E-state index in [0.29, 0.717) is 18.6 Å². The number of ketones is 1. The lowest BCUT2D eigenvalue weighted by Crippen LogP contribution is -2.33. The molecule has 0 saturated heterocycles. The van der Waals surface area contributed by atoms with Crippen LogP contribution in [-0.2, 0) is 14.3 Å². The van der Waals surface area contributed by atoms with E-state index >= 15 is 0 Å². The molecule has 1 aromatic heterocycles. The number of Topliss-reactive ketones (excluding diaryl/α,β-unsaturated/α-hetero) is 1. The Kier molecular flexibility index (Phi) is 3.09. The van der Waals surface area contributed by atoms with E-state index < -0.39 is 0 Å². The number of ether oxygens (including phenoxy) is 1. The summed E-state index contributed by atoms with van der Waals surface area (Å²) < 4.78 is 5.39. The summed E-state index contributed by atoms with van der Waals surface area (Å²) in [6, 6.07) is 2.04. The van der Waals surface area contributed by atoms with Crippen LogP contribution in [0, 0.1) is 12.3 Å². The van der Waals surface area contributed by atoms with Crippen molar-refractivity contribution in [3.05, 3.63) is 33.2 Å². The van der Waals surface area contributed by atoms with Crippen molar-refractivity contribution in [3.63, 3.8) is 0 Å². The number of carbonyl (C=O) groups excluding carboxylic acids is 2. The molecular weight excluding hydrogens is 272 g/mol. The molecule has 0 amide bonds. The Labute approximate surface area is 122 Å². The van der Waals surface area contributed by atoms with Crippen LogP contribution in [0.1, 0.15) is 49.5 Å². The number of hydrogen-bond acceptors (Lipinski definition) is 4. The predicted octanol–water partition coefficient (Wildman–Crippen LogP) is 3.73. The van der Waals surface area contributed by atoms with Crippen LogP contribution >= 0.6 is 11.3 Å². The van der Waals surface area contributed by atoms with Gasteiger partial charge in [-0.2, -0.15) is 0 Å². The lowest BCUT2D eigenvalue weighted by Gasteiger charge is -2.36. The molecule has 2 heterocycles. The van der Waals surface area contributed by atoms with Crippen LogP contribution in [0.4, 0.5) is 0 Å². The van der Waals surface area contributed by atoms with Crippen molar-refractivity contribution in [2.24, 2.45) is 5.41 Å². The SMILES string of the molecule is Cc1ccsc1[C@@H]1CC(=O)OC2=C1C(=O)CC(C)(C)C2. The van der Waals surface area contributed by atoms with Gasteiger partial charge in [0.05, 0.1) is 6.42 Å². The van der Waals surface area contributed by atoms with Gasteiger partial charge in [-0.15, -0.1) is 11.3 Å². The zero-order valence-electron chi connectivity index (χ0n) is 12.0. The molecule has 3 rings (SSSR count). The first kappa shape index (κ1) is 13.6. The number of rotatable bonds is 1. The summed E-state index contributed by atoms with van der Waals surface area (Å²) in [7, 11) is 0. The topological polar surface area (TPSA) is 43.4 Å². The van der Waals surface area contributed by atoms with Gasteiger partial charge >= 0.3 is 5.97 Å². The standard InChI is InChI=1S/C16H18O3S/c1-9-4-5-20-15(9)10-6-13(18)19-12-8-16(2,3)7-11(17)14(10)12/h4-5,10H,6-8H2,1-3H3/t10-/m1/s1. The summed E-state index contributed by atoms with van der Waals surface area (Å²) in [5.74, 6) is 0.434. The van der Waals surface area contributed by atoms with E-state index in [1.807, 2.05) is 32.2 Å². The zero-order valence-corrected chi connectivity index (χ0v) is 12.8. The highest BCUT2D eigenvalue weighted by atomic mass is 32.1. The van der Waals surface area contributed by atoms with Gasteiger partial charge in [0.2, 0.25) is 0 Å². The molecule has 0 spiro atoms. The van der Waals surface area contributed by atoms with E-state index in [4.69, 9.17) is 4.74 Å². The number of aryl methyl sites for hydroxylation is 1. The summed E-state index contributed by atoms with van der Waals surface area (Å²) in [6.07, 6.45) is 1.48. The van der Waals surface area contributed by atoms with Crippen LogP contribution in [0.15, 0.2) is 22.8 Å². The van der Waals surface area contributed by atoms with E-state index in [9.17, 15) is 9.59 Å². The lowest BCUT2D eigenvalue weighted by molar-refractivity contribution is -0.142. The molecule has 0 bridgehead atoms. The molecule has 0 N–H and O–H groups in total. The Morgan fingerprint density at radius 2 is 2.05 bits per heavy atom. The molecule has 1 atom stereocenters. The summed E-state index contributed by atoms with van der Waals surface area (Å²) in [4.78, 5) is 25.5. The van der Waals surface area contributed by atoms with Gasteiger partial charge in [-0.3, -0.25) is 9.59 Å². The minimum Gasteiger partial charge on any atom is -0.431 e. The number of allylic oxidation sites excluding steroid dienone is 2. The molecule has 106 valence electrons. The van der Waals surface area contributed by atoms with Crippen molar-refractivity contribution >= 4 is 23.1 Å². The normalized spacial score (nSPS) is 25.4. The summed E-state index contributed by atoms with van der Waals surface area (Å²) in [5.41, 5.74) is 1.77. The second kappa shape index (κ2) is 4.55. The van der Waals surface area contributed by atoms with Gasteiger partial charge in [-0.25, -0.2) is 0 Å². The predicted molar refractivity (Wildman–Crippen MR) is 77.6 cm³/mol. The largest absolute Gasteiger partial charge is 0.431 e. The highest BCUT2D eigenvalue weighted by Crippen LogP contribution is 2.47. The van der Waals surface area contributed by atoms with Gasteiger partial charge < -0.3 is 4.74 Å². The summed E-state index contributed by atoms with van der Waals surface area (Å²) >= 11 is 1.62. The first-order valence-corrected chi connectivity index (χ1v) is 7.76. The lowest BCUT2D eigenvalue weighted by atomic mass is 9.72. The maximum Gasteiger partial charge on any atom is 0.311 e. The maximum atomic E-state index is 12.5. The summed E-state index contributed by atoms with van der Waals surface area (Å²) in [5, 5.41) is 2.02. The van der Waals surface area contributed by atoms with E-state index in [0.717, 1.165) is 16.0 Å². The van der Waals surface area contributed by atoms with Crippen molar-refractivity contribution in [1.82, 2.24) is 0 Å². The fourth-order valence-electron chi connectivity index (χ4n) is 3.17. The van der Waals surface area contributed by atoms with Crippen LogP contribution in [0.2, 0.25) is 0 Å². The average molecular weight is 290 g/mol. The molecular formula is C16H18O3S. The third kappa shape index (κ3) is 2.22. The second-order valence-corrected chi connectivity index (χ2v) is 7.42. The van der Waals surface area contributed by atoms with Crippen molar-refractivity contribution in [1.29, 1.82) is 0 Å². The van der Waals surface area contributed by atoms with Crippen LogP contribution < -0.4 is 0 Å². The van der Waals surface area contributed by atoms with E-state index in [2.05, 4.69) is 0 Å². The van der Waals surface area contributed by atoms with E-state index in [-0.39, 0.29) is 29.5 Å². The van der Waals surface area contributed by atoms with E-state index in [1.54, 1.807) is 11.3 Å². The molecule has 4 heteroatoms. The molecule has 0 fully saturated rings. The van der Waals surface area contributed by atoms with Crippen molar-refractivity contribution in [2.75, 3.05) is 0 Å².